The normalized spacial score (nSPS) is 12.5. The van der Waals surface area contributed by atoms with Crippen LogP contribution >= 0.6 is 23.2 Å². The van der Waals surface area contributed by atoms with Gasteiger partial charge in [0, 0.05) is 10.0 Å². The minimum absolute atomic E-state index is 0.394. The topological polar surface area (TPSA) is 20.2 Å². The summed E-state index contributed by atoms with van der Waals surface area (Å²) in [5.74, 6) is -0.394. The molecule has 0 aliphatic heterocycles. The van der Waals surface area contributed by atoms with E-state index in [2.05, 4.69) is 0 Å². The highest BCUT2D eigenvalue weighted by atomic mass is 35.5. The number of halogens is 3. The van der Waals surface area contributed by atoms with Crippen LogP contribution in [0.5, 0.6) is 0 Å². The molecule has 0 aliphatic rings. The monoisotopic (exact) mass is 270 g/mol. The lowest BCUT2D eigenvalue weighted by atomic mass is 10.0. The Kier molecular flexibility index (Phi) is 3.67. The van der Waals surface area contributed by atoms with E-state index in [1.54, 1.807) is 30.3 Å². The summed E-state index contributed by atoms with van der Waals surface area (Å²) < 4.78 is 13.0. The second-order valence-corrected chi connectivity index (χ2v) is 4.53. The molecule has 1 N–H and O–H groups in total. The maximum absolute atomic E-state index is 13.0. The number of benzene rings is 2. The van der Waals surface area contributed by atoms with Crippen LogP contribution in [0, 0.1) is 5.82 Å². The minimum atomic E-state index is -0.943. The van der Waals surface area contributed by atoms with Crippen molar-refractivity contribution in [2.45, 2.75) is 6.10 Å². The Balaban J connectivity index is 2.39. The van der Waals surface area contributed by atoms with Crippen LogP contribution in [-0.2, 0) is 0 Å². The molecule has 2 aromatic carbocycles. The summed E-state index contributed by atoms with van der Waals surface area (Å²) in [5, 5.41) is 10.9. The van der Waals surface area contributed by atoms with E-state index in [9.17, 15) is 9.50 Å². The molecule has 1 nitrogen and oxygen atoms in total. The van der Waals surface area contributed by atoms with Gasteiger partial charge in [0.25, 0.3) is 0 Å². The first kappa shape index (κ1) is 12.4. The number of aliphatic hydroxyl groups excluding tert-OH is 1. The van der Waals surface area contributed by atoms with E-state index in [4.69, 9.17) is 23.2 Å². The van der Waals surface area contributed by atoms with E-state index in [1.165, 1.54) is 12.1 Å². The van der Waals surface area contributed by atoms with Crippen molar-refractivity contribution in [3.05, 3.63) is 69.5 Å². The summed E-state index contributed by atoms with van der Waals surface area (Å²) in [6.45, 7) is 0. The van der Waals surface area contributed by atoms with Gasteiger partial charge in [-0.1, -0.05) is 35.3 Å². The van der Waals surface area contributed by atoms with Gasteiger partial charge in [-0.25, -0.2) is 4.39 Å². The van der Waals surface area contributed by atoms with E-state index in [-0.39, 0.29) is 0 Å². The third kappa shape index (κ3) is 2.97. The van der Waals surface area contributed by atoms with Crippen molar-refractivity contribution in [2.75, 3.05) is 0 Å². The lowest BCUT2D eigenvalue weighted by Gasteiger charge is -2.12. The molecule has 0 bridgehead atoms. The molecule has 0 saturated carbocycles. The van der Waals surface area contributed by atoms with Gasteiger partial charge in [0.2, 0.25) is 0 Å². The van der Waals surface area contributed by atoms with E-state index in [0.717, 1.165) is 0 Å². The molecular formula is C13H9Cl2FO. The van der Waals surface area contributed by atoms with Crippen molar-refractivity contribution in [3.63, 3.8) is 0 Å². The van der Waals surface area contributed by atoms with Crippen molar-refractivity contribution in [2.24, 2.45) is 0 Å². The molecule has 4 heteroatoms. The Hall–Kier alpha value is -1.09. The maximum Gasteiger partial charge on any atom is 0.123 e. The Bertz CT molecular complexity index is 522. The zero-order valence-corrected chi connectivity index (χ0v) is 10.2. The van der Waals surface area contributed by atoms with Crippen LogP contribution in [0.4, 0.5) is 4.39 Å². The fourth-order valence-corrected chi connectivity index (χ4v) is 2.15. The number of hydrogen-bond acceptors (Lipinski definition) is 1. The first-order valence-electron chi connectivity index (χ1n) is 4.96. The van der Waals surface area contributed by atoms with Gasteiger partial charge < -0.3 is 5.11 Å². The maximum atomic E-state index is 13.0. The van der Waals surface area contributed by atoms with Crippen molar-refractivity contribution >= 4 is 23.2 Å². The van der Waals surface area contributed by atoms with Crippen LogP contribution < -0.4 is 0 Å². The van der Waals surface area contributed by atoms with Crippen LogP contribution in [0.3, 0.4) is 0 Å². The molecule has 2 aromatic rings. The van der Waals surface area contributed by atoms with E-state index in [0.29, 0.717) is 21.2 Å². The smallest absolute Gasteiger partial charge is 0.123 e. The average molecular weight is 271 g/mol. The Morgan fingerprint density at radius 1 is 0.941 bits per heavy atom. The van der Waals surface area contributed by atoms with Crippen molar-refractivity contribution in [1.29, 1.82) is 0 Å². The second kappa shape index (κ2) is 5.05. The molecule has 0 aliphatic carbocycles. The molecule has 0 heterocycles. The zero-order valence-electron chi connectivity index (χ0n) is 8.70. The van der Waals surface area contributed by atoms with Gasteiger partial charge in [0.1, 0.15) is 11.9 Å². The minimum Gasteiger partial charge on any atom is -0.384 e. The molecular weight excluding hydrogens is 262 g/mol. The van der Waals surface area contributed by atoms with Gasteiger partial charge in [0.05, 0.1) is 0 Å². The Morgan fingerprint density at radius 2 is 1.59 bits per heavy atom. The SMILES string of the molecule is OC(c1cccc(F)c1)c1cc(Cl)cc(Cl)c1. The zero-order chi connectivity index (χ0) is 12.4. The van der Waals surface area contributed by atoms with Crippen LogP contribution in [0.2, 0.25) is 10.0 Å². The Labute approximate surface area is 108 Å². The van der Waals surface area contributed by atoms with E-state index >= 15 is 0 Å². The lowest BCUT2D eigenvalue weighted by molar-refractivity contribution is 0.220. The van der Waals surface area contributed by atoms with Crippen molar-refractivity contribution in [1.82, 2.24) is 0 Å². The van der Waals surface area contributed by atoms with Crippen LogP contribution in [-0.4, -0.2) is 5.11 Å². The summed E-state index contributed by atoms with van der Waals surface area (Å²) >= 11 is 11.7. The third-order valence-corrected chi connectivity index (χ3v) is 2.80. The fourth-order valence-electron chi connectivity index (χ4n) is 1.60. The highest BCUT2D eigenvalue weighted by Gasteiger charge is 2.12. The summed E-state index contributed by atoms with van der Waals surface area (Å²) in [6, 6.07) is 10.6. The quantitative estimate of drug-likeness (QED) is 0.867. The van der Waals surface area contributed by atoms with Gasteiger partial charge in [-0.2, -0.15) is 0 Å². The fraction of sp³-hybridized carbons (Fsp3) is 0.0769. The molecule has 2 rings (SSSR count). The van der Waals surface area contributed by atoms with E-state index < -0.39 is 11.9 Å². The van der Waals surface area contributed by atoms with Crippen LogP contribution in [0.15, 0.2) is 42.5 Å². The predicted octanol–water partition coefficient (Wildman–Crippen LogP) is 4.21. The van der Waals surface area contributed by atoms with Crippen LogP contribution in [0.25, 0.3) is 0 Å². The number of rotatable bonds is 2. The Morgan fingerprint density at radius 3 is 2.18 bits per heavy atom. The standard InChI is InChI=1S/C13H9Cl2FO/c14-10-4-9(5-11(15)7-10)13(17)8-2-1-3-12(16)6-8/h1-7,13,17H. The summed E-state index contributed by atoms with van der Waals surface area (Å²) in [7, 11) is 0. The highest BCUT2D eigenvalue weighted by molar-refractivity contribution is 6.34. The number of hydrogen-bond donors (Lipinski definition) is 1. The molecule has 1 atom stereocenters. The van der Waals surface area contributed by atoms with Gasteiger partial charge in [-0.15, -0.1) is 0 Å². The van der Waals surface area contributed by atoms with Gasteiger partial charge in [-0.05, 0) is 41.5 Å². The molecule has 17 heavy (non-hydrogen) atoms. The molecule has 0 saturated heterocycles. The summed E-state index contributed by atoms with van der Waals surface area (Å²) in [4.78, 5) is 0. The van der Waals surface area contributed by atoms with Crippen LogP contribution in [0.1, 0.15) is 17.2 Å². The summed E-state index contributed by atoms with van der Waals surface area (Å²) in [5.41, 5.74) is 0.997. The predicted molar refractivity (Wildman–Crippen MR) is 66.9 cm³/mol. The molecule has 0 radical (unpaired) electrons. The first-order chi connectivity index (χ1) is 8.06. The van der Waals surface area contributed by atoms with E-state index in [1.807, 2.05) is 0 Å². The molecule has 0 spiro atoms. The average Bonchev–Trinajstić information content (AvgIpc) is 2.26. The third-order valence-electron chi connectivity index (χ3n) is 2.37. The van der Waals surface area contributed by atoms with Crippen molar-refractivity contribution in [3.8, 4) is 0 Å². The highest BCUT2D eigenvalue weighted by Crippen LogP contribution is 2.27. The molecule has 0 amide bonds. The van der Waals surface area contributed by atoms with Gasteiger partial charge in [0.15, 0.2) is 0 Å². The van der Waals surface area contributed by atoms with Gasteiger partial charge in [-0.3, -0.25) is 0 Å². The largest absolute Gasteiger partial charge is 0.384 e. The molecule has 88 valence electrons. The number of aliphatic hydroxyl groups is 1. The summed E-state index contributed by atoms with van der Waals surface area (Å²) in [6.07, 6.45) is -0.943. The molecule has 0 aromatic heterocycles. The van der Waals surface area contributed by atoms with Gasteiger partial charge >= 0.3 is 0 Å². The molecule has 0 fully saturated rings. The first-order valence-corrected chi connectivity index (χ1v) is 5.71. The second-order valence-electron chi connectivity index (χ2n) is 3.66. The lowest BCUT2D eigenvalue weighted by Crippen LogP contribution is -2.00. The molecule has 1 unspecified atom stereocenters. The van der Waals surface area contributed by atoms with Crippen molar-refractivity contribution < 1.29 is 9.50 Å².